The molecule has 0 spiro atoms. The van der Waals surface area contributed by atoms with Crippen LogP contribution in [0.25, 0.3) is 0 Å². The summed E-state index contributed by atoms with van der Waals surface area (Å²) < 4.78 is 6.86. The molecule has 0 fully saturated rings. The summed E-state index contributed by atoms with van der Waals surface area (Å²) in [6.07, 6.45) is 2.48. The molecular formula is C22H27N5O2. The Morgan fingerprint density at radius 1 is 1.10 bits per heavy atom. The second-order valence-corrected chi connectivity index (χ2v) is 6.96. The highest BCUT2D eigenvalue weighted by atomic mass is 16.5. The van der Waals surface area contributed by atoms with Crippen molar-refractivity contribution in [2.24, 2.45) is 0 Å². The van der Waals surface area contributed by atoms with Crippen molar-refractivity contribution in [1.29, 1.82) is 0 Å². The quantitative estimate of drug-likeness (QED) is 0.545. The molecule has 0 aliphatic carbocycles. The molecule has 3 aromatic rings. The number of aryl methyl sites for hydroxylation is 3. The third-order valence-electron chi connectivity index (χ3n) is 4.73. The minimum atomic E-state index is -0.301. The van der Waals surface area contributed by atoms with Crippen molar-refractivity contribution < 1.29 is 9.53 Å². The molecule has 0 radical (unpaired) electrons. The molecule has 0 saturated heterocycles. The Labute approximate surface area is 171 Å². The number of rotatable bonds is 9. The van der Waals surface area contributed by atoms with Gasteiger partial charge in [-0.2, -0.15) is 0 Å². The van der Waals surface area contributed by atoms with E-state index in [2.05, 4.69) is 20.7 Å². The van der Waals surface area contributed by atoms with Crippen LogP contribution in [0.3, 0.4) is 0 Å². The predicted octanol–water partition coefficient (Wildman–Crippen LogP) is 3.34. The van der Waals surface area contributed by atoms with Gasteiger partial charge in [0.1, 0.15) is 12.1 Å². The molecule has 0 bridgehead atoms. The van der Waals surface area contributed by atoms with Crippen LogP contribution in [0.5, 0.6) is 5.75 Å². The van der Waals surface area contributed by atoms with Crippen LogP contribution in [0.15, 0.2) is 48.8 Å². The molecule has 0 aliphatic heterocycles. The lowest BCUT2D eigenvalue weighted by atomic mass is 10.1. The summed E-state index contributed by atoms with van der Waals surface area (Å²) in [6, 6.07) is 13.8. The molecule has 29 heavy (non-hydrogen) atoms. The van der Waals surface area contributed by atoms with E-state index in [4.69, 9.17) is 4.74 Å². The van der Waals surface area contributed by atoms with E-state index < -0.39 is 0 Å². The maximum atomic E-state index is 12.3. The van der Waals surface area contributed by atoms with Crippen molar-refractivity contribution in [1.82, 2.24) is 20.1 Å². The second-order valence-electron chi connectivity index (χ2n) is 6.96. The summed E-state index contributed by atoms with van der Waals surface area (Å²) in [5.41, 5.74) is 4.27. The zero-order valence-electron chi connectivity index (χ0n) is 17.1. The average molecular weight is 393 g/mol. The Morgan fingerprint density at radius 2 is 1.90 bits per heavy atom. The van der Waals surface area contributed by atoms with Crippen LogP contribution in [0.2, 0.25) is 0 Å². The van der Waals surface area contributed by atoms with Crippen LogP contribution in [0.4, 0.5) is 5.69 Å². The summed E-state index contributed by atoms with van der Waals surface area (Å²) in [5.74, 6) is 0.733. The summed E-state index contributed by atoms with van der Waals surface area (Å²) in [5, 5.41) is 10.5. The molecule has 1 heterocycles. The van der Waals surface area contributed by atoms with Gasteiger partial charge in [-0.3, -0.25) is 9.48 Å². The first-order valence-corrected chi connectivity index (χ1v) is 9.67. The second kappa shape index (κ2) is 9.84. The number of carbonyl (C=O) groups excluding carboxylic acids is 1. The Kier molecular flexibility index (Phi) is 6.97. The predicted molar refractivity (Wildman–Crippen MR) is 113 cm³/mol. The number of nitrogens with zero attached hydrogens (tertiary/aromatic N) is 3. The van der Waals surface area contributed by atoms with Crippen molar-refractivity contribution in [2.75, 3.05) is 19.0 Å². The molecule has 2 N–H and O–H groups in total. The standard InChI is InChI=1S/C22H27N5O2/c1-16-5-8-19(13-17(16)2)25-22(28)21-24-15-27(26-21)12-4-11-23-14-18-6-9-20(29-3)10-7-18/h5-10,13,15,23H,4,11-12,14H2,1-3H3,(H,25,28). The van der Waals surface area contributed by atoms with Crippen LogP contribution < -0.4 is 15.4 Å². The van der Waals surface area contributed by atoms with Crippen molar-refractivity contribution in [3.8, 4) is 5.75 Å². The van der Waals surface area contributed by atoms with Gasteiger partial charge in [-0.25, -0.2) is 4.98 Å². The number of nitrogens with one attached hydrogen (secondary N) is 2. The fourth-order valence-electron chi connectivity index (χ4n) is 2.85. The van der Waals surface area contributed by atoms with E-state index in [0.717, 1.165) is 36.5 Å². The van der Waals surface area contributed by atoms with E-state index >= 15 is 0 Å². The number of hydrogen-bond donors (Lipinski definition) is 2. The minimum absolute atomic E-state index is 0.175. The summed E-state index contributed by atoms with van der Waals surface area (Å²) in [4.78, 5) is 16.5. The normalized spacial score (nSPS) is 10.7. The van der Waals surface area contributed by atoms with Gasteiger partial charge < -0.3 is 15.4 Å². The highest BCUT2D eigenvalue weighted by Crippen LogP contribution is 2.14. The van der Waals surface area contributed by atoms with Gasteiger partial charge in [0, 0.05) is 18.8 Å². The lowest BCUT2D eigenvalue weighted by Gasteiger charge is -2.06. The van der Waals surface area contributed by atoms with Crippen molar-refractivity contribution >= 4 is 11.6 Å². The molecular weight excluding hydrogens is 366 g/mol. The smallest absolute Gasteiger partial charge is 0.295 e. The third-order valence-corrected chi connectivity index (χ3v) is 4.73. The summed E-state index contributed by atoms with van der Waals surface area (Å²) in [6.45, 7) is 6.39. The van der Waals surface area contributed by atoms with Crippen molar-refractivity contribution in [2.45, 2.75) is 33.4 Å². The number of carbonyl (C=O) groups is 1. The fraction of sp³-hybridized carbons (Fsp3) is 0.318. The Balaban J connectivity index is 1.41. The molecule has 1 aromatic heterocycles. The van der Waals surface area contributed by atoms with Gasteiger partial charge in [0.2, 0.25) is 5.82 Å². The number of ether oxygens (including phenoxy) is 1. The van der Waals surface area contributed by atoms with E-state index in [1.807, 2.05) is 56.3 Å². The van der Waals surface area contributed by atoms with Gasteiger partial charge in [0.05, 0.1) is 7.11 Å². The lowest BCUT2D eigenvalue weighted by molar-refractivity contribution is 0.101. The SMILES string of the molecule is COc1ccc(CNCCCn2cnc(C(=O)Nc3ccc(C)c(C)c3)n2)cc1. The zero-order chi connectivity index (χ0) is 20.6. The Hall–Kier alpha value is -3.19. The Morgan fingerprint density at radius 3 is 2.62 bits per heavy atom. The molecule has 0 saturated carbocycles. The van der Waals surface area contributed by atoms with E-state index in [-0.39, 0.29) is 11.7 Å². The maximum Gasteiger partial charge on any atom is 0.295 e. The van der Waals surface area contributed by atoms with E-state index in [0.29, 0.717) is 6.54 Å². The van der Waals surface area contributed by atoms with E-state index in [1.54, 1.807) is 18.1 Å². The topological polar surface area (TPSA) is 81.1 Å². The molecule has 2 aromatic carbocycles. The van der Waals surface area contributed by atoms with Crippen LogP contribution in [-0.2, 0) is 13.1 Å². The number of amides is 1. The van der Waals surface area contributed by atoms with Gasteiger partial charge in [-0.05, 0) is 67.8 Å². The number of anilines is 1. The summed E-state index contributed by atoms with van der Waals surface area (Å²) >= 11 is 0. The first kappa shape index (κ1) is 20.5. The maximum absolute atomic E-state index is 12.3. The molecule has 7 heteroatoms. The summed E-state index contributed by atoms with van der Waals surface area (Å²) in [7, 11) is 1.66. The zero-order valence-corrected chi connectivity index (χ0v) is 17.1. The third kappa shape index (κ3) is 5.89. The minimum Gasteiger partial charge on any atom is -0.497 e. The first-order chi connectivity index (χ1) is 14.0. The Bertz CT molecular complexity index is 950. The van der Waals surface area contributed by atoms with Gasteiger partial charge >= 0.3 is 0 Å². The van der Waals surface area contributed by atoms with Crippen molar-refractivity contribution in [3.63, 3.8) is 0 Å². The highest BCUT2D eigenvalue weighted by molar-refractivity contribution is 6.01. The van der Waals surface area contributed by atoms with Crippen LogP contribution >= 0.6 is 0 Å². The van der Waals surface area contributed by atoms with Crippen LogP contribution in [0.1, 0.15) is 33.7 Å². The molecule has 0 aliphatic rings. The number of benzene rings is 2. The van der Waals surface area contributed by atoms with E-state index in [9.17, 15) is 4.79 Å². The van der Waals surface area contributed by atoms with Gasteiger partial charge in [0.25, 0.3) is 5.91 Å². The highest BCUT2D eigenvalue weighted by Gasteiger charge is 2.12. The van der Waals surface area contributed by atoms with Gasteiger partial charge in [-0.1, -0.05) is 18.2 Å². The molecule has 0 atom stereocenters. The molecule has 7 nitrogen and oxygen atoms in total. The van der Waals surface area contributed by atoms with E-state index in [1.165, 1.54) is 11.1 Å². The molecule has 152 valence electrons. The molecule has 0 unspecified atom stereocenters. The van der Waals surface area contributed by atoms with Gasteiger partial charge in [-0.15, -0.1) is 5.10 Å². The molecule has 3 rings (SSSR count). The van der Waals surface area contributed by atoms with Gasteiger partial charge in [0.15, 0.2) is 0 Å². The van der Waals surface area contributed by atoms with Crippen molar-refractivity contribution in [3.05, 3.63) is 71.3 Å². The number of methoxy groups -OCH3 is 1. The van der Waals surface area contributed by atoms with Crippen LogP contribution in [-0.4, -0.2) is 34.3 Å². The fourth-order valence-corrected chi connectivity index (χ4v) is 2.85. The molecule has 1 amide bonds. The monoisotopic (exact) mass is 393 g/mol. The van der Waals surface area contributed by atoms with Crippen LogP contribution in [0, 0.1) is 13.8 Å². The largest absolute Gasteiger partial charge is 0.497 e. The number of aromatic nitrogens is 3. The number of hydrogen-bond acceptors (Lipinski definition) is 5. The lowest BCUT2D eigenvalue weighted by Crippen LogP contribution is -2.17. The average Bonchev–Trinajstić information content (AvgIpc) is 3.20. The first-order valence-electron chi connectivity index (χ1n) is 9.67.